The van der Waals surface area contributed by atoms with E-state index in [1.165, 1.54) is 25.2 Å². The van der Waals surface area contributed by atoms with E-state index in [1.807, 2.05) is 0 Å². The number of alkyl halides is 2. The molecule has 1 fully saturated rings. The zero-order valence-electron chi connectivity index (χ0n) is 14.5. The molecule has 0 bridgehead atoms. The van der Waals surface area contributed by atoms with Gasteiger partial charge < -0.3 is 10.5 Å². The fraction of sp³-hybridized carbons (Fsp3) is 0.333. The van der Waals surface area contributed by atoms with E-state index in [2.05, 4.69) is 4.74 Å². The van der Waals surface area contributed by atoms with Crippen LogP contribution in [-0.2, 0) is 10.0 Å². The summed E-state index contributed by atoms with van der Waals surface area (Å²) in [5.74, 6) is 0.205. The zero-order valence-corrected chi connectivity index (χ0v) is 16.1. The molecule has 146 valence electrons. The summed E-state index contributed by atoms with van der Waals surface area (Å²) in [6, 6.07) is 9.08. The summed E-state index contributed by atoms with van der Waals surface area (Å²) < 4.78 is 56.0. The second-order valence-corrected chi connectivity index (χ2v) is 8.91. The second kappa shape index (κ2) is 7.52. The summed E-state index contributed by atoms with van der Waals surface area (Å²) in [5, 5.41) is 0.179. The molecule has 0 saturated heterocycles. The van der Waals surface area contributed by atoms with Crippen LogP contribution in [0.4, 0.5) is 20.2 Å². The summed E-state index contributed by atoms with van der Waals surface area (Å²) in [4.78, 5) is 0. The molecule has 0 atom stereocenters. The van der Waals surface area contributed by atoms with Crippen molar-refractivity contribution in [3.05, 3.63) is 41.4 Å². The minimum Gasteiger partial charge on any atom is -0.434 e. The first kappa shape index (κ1) is 19.7. The minimum atomic E-state index is -3.52. The third-order valence-electron chi connectivity index (χ3n) is 4.41. The first-order chi connectivity index (χ1) is 12.7. The van der Waals surface area contributed by atoms with E-state index >= 15 is 0 Å². The van der Waals surface area contributed by atoms with Gasteiger partial charge in [-0.25, -0.2) is 8.42 Å². The Morgan fingerprint density at radius 2 is 1.93 bits per heavy atom. The molecule has 2 N–H and O–H groups in total. The summed E-state index contributed by atoms with van der Waals surface area (Å²) in [7, 11) is -2.10. The lowest BCUT2D eigenvalue weighted by Gasteiger charge is -2.22. The number of nitrogens with zero attached hydrogens (tertiary/aromatic N) is 1. The molecule has 2 aromatic carbocycles. The van der Waals surface area contributed by atoms with E-state index in [4.69, 9.17) is 17.3 Å². The monoisotopic (exact) mass is 416 g/mol. The maximum atomic E-state index is 12.7. The van der Waals surface area contributed by atoms with E-state index in [-0.39, 0.29) is 33.8 Å². The highest BCUT2D eigenvalue weighted by molar-refractivity contribution is 7.92. The SMILES string of the molecule is CN(c1cc(Cl)c(-c2ccccc2OC(F)F)cc1N)S(=O)(=O)CC1CC1. The van der Waals surface area contributed by atoms with Crippen LogP contribution in [0.3, 0.4) is 0 Å². The maximum absolute atomic E-state index is 12.7. The van der Waals surface area contributed by atoms with Crippen LogP contribution >= 0.6 is 11.6 Å². The Kier molecular flexibility index (Phi) is 5.48. The quantitative estimate of drug-likeness (QED) is 0.680. The van der Waals surface area contributed by atoms with Crippen LogP contribution in [0.2, 0.25) is 5.02 Å². The fourth-order valence-corrected chi connectivity index (χ4v) is 4.66. The van der Waals surface area contributed by atoms with Gasteiger partial charge >= 0.3 is 6.61 Å². The van der Waals surface area contributed by atoms with Crippen LogP contribution in [0.5, 0.6) is 5.75 Å². The van der Waals surface area contributed by atoms with Gasteiger partial charge in [0.1, 0.15) is 5.75 Å². The number of hydrogen-bond acceptors (Lipinski definition) is 4. The van der Waals surface area contributed by atoms with Crippen molar-refractivity contribution < 1.29 is 21.9 Å². The van der Waals surface area contributed by atoms with E-state index < -0.39 is 16.6 Å². The van der Waals surface area contributed by atoms with Gasteiger partial charge in [0.25, 0.3) is 0 Å². The zero-order chi connectivity index (χ0) is 19.8. The van der Waals surface area contributed by atoms with Gasteiger partial charge in [-0.3, -0.25) is 4.31 Å². The average molecular weight is 417 g/mol. The number of sulfonamides is 1. The van der Waals surface area contributed by atoms with E-state index in [0.717, 1.165) is 17.1 Å². The molecule has 1 saturated carbocycles. The Balaban J connectivity index is 1.99. The number of halogens is 3. The minimum absolute atomic E-state index is 0.0451. The number of nitrogen functional groups attached to an aromatic ring is 1. The first-order valence-corrected chi connectivity index (χ1v) is 10.3. The Bertz CT molecular complexity index is 950. The van der Waals surface area contributed by atoms with Gasteiger partial charge in [-0.05, 0) is 37.0 Å². The van der Waals surface area contributed by atoms with Crippen molar-refractivity contribution in [1.82, 2.24) is 0 Å². The number of para-hydroxylation sites is 1. The maximum Gasteiger partial charge on any atom is 0.387 e. The van der Waals surface area contributed by atoms with Crippen molar-refractivity contribution in [3.63, 3.8) is 0 Å². The smallest absolute Gasteiger partial charge is 0.387 e. The normalized spacial score (nSPS) is 14.4. The molecule has 2 aromatic rings. The predicted octanol–water partition coefficient (Wildman–Crippen LogP) is 4.37. The van der Waals surface area contributed by atoms with Crippen LogP contribution in [-0.4, -0.2) is 27.8 Å². The van der Waals surface area contributed by atoms with Gasteiger partial charge in [0.15, 0.2) is 0 Å². The lowest BCUT2D eigenvalue weighted by molar-refractivity contribution is -0.0494. The van der Waals surface area contributed by atoms with Crippen LogP contribution in [0.25, 0.3) is 11.1 Å². The Morgan fingerprint density at radius 3 is 2.56 bits per heavy atom. The van der Waals surface area contributed by atoms with E-state index in [0.29, 0.717) is 11.1 Å². The molecule has 0 unspecified atom stereocenters. The van der Waals surface area contributed by atoms with Gasteiger partial charge in [0.2, 0.25) is 10.0 Å². The Hall–Kier alpha value is -2.06. The summed E-state index contributed by atoms with van der Waals surface area (Å²) in [6.45, 7) is -2.99. The van der Waals surface area contributed by atoms with Crippen LogP contribution in [0, 0.1) is 5.92 Å². The van der Waals surface area contributed by atoms with Gasteiger partial charge in [-0.15, -0.1) is 0 Å². The molecule has 0 radical (unpaired) electrons. The molecule has 27 heavy (non-hydrogen) atoms. The van der Waals surface area contributed by atoms with Crippen LogP contribution in [0.1, 0.15) is 12.8 Å². The molecule has 0 amide bonds. The Labute approximate surface area is 161 Å². The van der Waals surface area contributed by atoms with Crippen LogP contribution < -0.4 is 14.8 Å². The molecule has 0 heterocycles. The number of rotatable bonds is 7. The predicted molar refractivity (Wildman–Crippen MR) is 103 cm³/mol. The highest BCUT2D eigenvalue weighted by atomic mass is 35.5. The molecular weight excluding hydrogens is 398 g/mol. The number of nitrogens with two attached hydrogens (primary N) is 1. The first-order valence-electron chi connectivity index (χ1n) is 8.29. The molecule has 0 aliphatic heterocycles. The third kappa shape index (κ3) is 4.44. The fourth-order valence-electron chi connectivity index (χ4n) is 2.79. The lowest BCUT2D eigenvalue weighted by atomic mass is 10.0. The van der Waals surface area contributed by atoms with Gasteiger partial charge in [-0.1, -0.05) is 29.8 Å². The van der Waals surface area contributed by atoms with Crippen LogP contribution in [0.15, 0.2) is 36.4 Å². The van der Waals surface area contributed by atoms with Gasteiger partial charge in [0.05, 0.1) is 22.2 Å². The van der Waals surface area contributed by atoms with E-state index in [1.54, 1.807) is 18.2 Å². The average Bonchev–Trinajstić information content (AvgIpc) is 3.39. The topological polar surface area (TPSA) is 72.6 Å². The molecule has 1 aliphatic carbocycles. The van der Waals surface area contributed by atoms with Gasteiger partial charge in [0, 0.05) is 18.2 Å². The molecule has 9 heteroatoms. The van der Waals surface area contributed by atoms with Crippen molar-refractivity contribution in [1.29, 1.82) is 0 Å². The number of ether oxygens (including phenoxy) is 1. The highest BCUT2D eigenvalue weighted by Crippen LogP contribution is 2.41. The van der Waals surface area contributed by atoms with Crippen molar-refractivity contribution in [2.45, 2.75) is 19.5 Å². The highest BCUT2D eigenvalue weighted by Gasteiger charge is 2.31. The lowest BCUT2D eigenvalue weighted by Crippen LogP contribution is -2.30. The van der Waals surface area contributed by atoms with E-state index in [9.17, 15) is 17.2 Å². The molecular formula is C18H19ClF2N2O3S. The Morgan fingerprint density at radius 1 is 1.26 bits per heavy atom. The summed E-state index contributed by atoms with van der Waals surface area (Å²) in [5.41, 5.74) is 7.20. The third-order valence-corrected chi connectivity index (χ3v) is 6.65. The number of anilines is 2. The molecule has 0 spiro atoms. The van der Waals surface area contributed by atoms with Crippen molar-refractivity contribution in [2.24, 2.45) is 5.92 Å². The standard InChI is InChI=1S/C18H19ClF2N2O3S/c1-23(27(24,25)10-11-6-7-11)16-9-14(19)13(8-15(16)22)12-4-2-3-5-17(12)26-18(20)21/h2-5,8-9,11,18H,6-7,10,22H2,1H3. The summed E-state index contributed by atoms with van der Waals surface area (Å²) >= 11 is 6.34. The molecule has 1 aliphatic rings. The molecule has 5 nitrogen and oxygen atoms in total. The van der Waals surface area contributed by atoms with Crippen molar-refractivity contribution >= 4 is 33.0 Å². The number of hydrogen-bond donors (Lipinski definition) is 1. The summed E-state index contributed by atoms with van der Waals surface area (Å²) in [6.07, 6.45) is 1.81. The molecule has 0 aromatic heterocycles. The van der Waals surface area contributed by atoms with Gasteiger partial charge in [-0.2, -0.15) is 8.78 Å². The molecule has 3 rings (SSSR count). The number of benzene rings is 2. The van der Waals surface area contributed by atoms with Crippen molar-refractivity contribution in [2.75, 3.05) is 22.8 Å². The largest absolute Gasteiger partial charge is 0.434 e. The second-order valence-electron chi connectivity index (χ2n) is 6.45. The van der Waals surface area contributed by atoms with Crippen molar-refractivity contribution in [3.8, 4) is 16.9 Å².